The van der Waals surface area contributed by atoms with E-state index in [9.17, 15) is 4.79 Å². The predicted octanol–water partition coefficient (Wildman–Crippen LogP) is -2.15. The molecule has 0 aromatic carbocycles. The van der Waals surface area contributed by atoms with Gasteiger partial charge in [-0.2, -0.15) is 0 Å². The van der Waals surface area contributed by atoms with Gasteiger partial charge in [-0.1, -0.05) is 5.21 Å². The summed E-state index contributed by atoms with van der Waals surface area (Å²) in [6.07, 6.45) is 0. The number of aromatic amines is 1. The van der Waals surface area contributed by atoms with Crippen LogP contribution in [-0.2, 0) is 0 Å². The number of carbonyl (C=O) groups is 1. The molecule has 0 bridgehead atoms. The van der Waals surface area contributed by atoms with E-state index in [2.05, 4.69) is 28.0 Å². The van der Waals surface area contributed by atoms with Crippen molar-refractivity contribution in [1.82, 2.24) is 15.4 Å². The van der Waals surface area contributed by atoms with E-state index in [4.69, 9.17) is 5.11 Å². The molecule has 1 aromatic heterocycles. The van der Waals surface area contributed by atoms with Crippen LogP contribution in [0.4, 0.5) is 0 Å². The number of aromatic nitrogens is 3. The van der Waals surface area contributed by atoms with Gasteiger partial charge in [-0.15, -0.1) is 17.7 Å². The van der Waals surface area contributed by atoms with Gasteiger partial charge in [-0.3, -0.25) is 5.10 Å². The monoisotopic (exact) mass is 217 g/mol. The van der Waals surface area contributed by atoms with Crippen LogP contribution in [0.15, 0.2) is 5.03 Å². The van der Waals surface area contributed by atoms with Crippen molar-refractivity contribution in [2.24, 2.45) is 0 Å². The maximum atomic E-state index is 10.1. The molecule has 0 aliphatic heterocycles. The summed E-state index contributed by atoms with van der Waals surface area (Å²) in [6.45, 7) is 0. The number of hydrogen-bond acceptors (Lipinski definition) is 4. The predicted molar refractivity (Wildman–Crippen MR) is 52.0 cm³/mol. The van der Waals surface area contributed by atoms with E-state index in [1.807, 2.05) is 0 Å². The molecular weight excluding hydrogens is 211 g/mol. The Hall–Kier alpha value is 1.96. The van der Waals surface area contributed by atoms with Gasteiger partial charge in [0.15, 0.2) is 0 Å². The van der Waals surface area contributed by atoms with Gasteiger partial charge < -0.3 is 5.11 Å². The molecule has 9 heteroatoms. The first-order valence-corrected chi connectivity index (χ1v) is 2.50. The van der Waals surface area contributed by atoms with Crippen LogP contribution in [0.3, 0.4) is 0 Å². The molecule has 0 atom stereocenters. The van der Waals surface area contributed by atoms with Crippen LogP contribution in [-0.4, -0.2) is 115 Å². The Morgan fingerprint density at radius 1 is 1.42 bits per heavy atom. The molecule has 0 radical (unpaired) electrons. The molecule has 1 heterocycles. The minimum atomic E-state index is -1.13. The SMILES string of the molecule is O=C(O)c1nn[nH]c1S.[NaH].[NaH].[NaH]. The molecule has 0 fully saturated rings. The summed E-state index contributed by atoms with van der Waals surface area (Å²) in [5.74, 6) is -1.13. The van der Waals surface area contributed by atoms with Gasteiger partial charge in [0.2, 0.25) is 5.69 Å². The maximum absolute atomic E-state index is 10.1. The zero-order chi connectivity index (χ0) is 6.85. The van der Waals surface area contributed by atoms with Gasteiger partial charge in [-0.05, 0) is 0 Å². The van der Waals surface area contributed by atoms with Crippen molar-refractivity contribution in [1.29, 1.82) is 0 Å². The van der Waals surface area contributed by atoms with Crippen LogP contribution >= 0.6 is 12.6 Å². The molecule has 0 saturated heterocycles. The van der Waals surface area contributed by atoms with E-state index in [0.29, 0.717) is 0 Å². The van der Waals surface area contributed by atoms with E-state index >= 15 is 0 Å². The van der Waals surface area contributed by atoms with Gasteiger partial charge in [0.05, 0.1) is 0 Å². The van der Waals surface area contributed by atoms with Gasteiger partial charge in [0.25, 0.3) is 0 Å². The van der Waals surface area contributed by atoms with E-state index in [1.165, 1.54) is 0 Å². The number of rotatable bonds is 1. The Bertz CT molecular complexity index is 242. The second-order valence-electron chi connectivity index (χ2n) is 1.31. The van der Waals surface area contributed by atoms with Crippen molar-refractivity contribution in [2.75, 3.05) is 0 Å². The van der Waals surface area contributed by atoms with Gasteiger partial charge >= 0.3 is 94.6 Å². The summed E-state index contributed by atoms with van der Waals surface area (Å²) < 4.78 is 0. The molecule has 5 nitrogen and oxygen atoms in total. The summed E-state index contributed by atoms with van der Waals surface area (Å²) in [7, 11) is 0. The third kappa shape index (κ3) is 5.64. The summed E-state index contributed by atoms with van der Waals surface area (Å²) >= 11 is 3.73. The third-order valence-electron chi connectivity index (χ3n) is 0.733. The average Bonchev–Trinajstić information content (AvgIpc) is 2.13. The zero-order valence-electron chi connectivity index (χ0n) is 4.20. The molecule has 1 rings (SSSR count). The Kier molecular flexibility index (Phi) is 15.5. The topological polar surface area (TPSA) is 78.9 Å². The van der Waals surface area contributed by atoms with E-state index in [0.717, 1.165) is 0 Å². The summed E-state index contributed by atoms with van der Waals surface area (Å²) in [5.41, 5.74) is -0.154. The first-order chi connectivity index (χ1) is 4.22. The van der Waals surface area contributed by atoms with E-state index < -0.39 is 5.97 Å². The van der Waals surface area contributed by atoms with Crippen LogP contribution in [0.1, 0.15) is 10.5 Å². The average molecular weight is 217 g/mol. The van der Waals surface area contributed by atoms with Crippen molar-refractivity contribution >= 4 is 107 Å². The van der Waals surface area contributed by atoms with Crippen molar-refractivity contribution < 1.29 is 9.90 Å². The molecule has 0 saturated carbocycles. The quantitative estimate of drug-likeness (QED) is 0.370. The third-order valence-corrected chi connectivity index (χ3v) is 1.04. The molecule has 2 N–H and O–H groups in total. The molecule has 0 unspecified atom stereocenters. The van der Waals surface area contributed by atoms with Crippen LogP contribution in [0.5, 0.6) is 0 Å². The normalized spacial score (nSPS) is 7.08. The van der Waals surface area contributed by atoms with Crippen LogP contribution in [0.2, 0.25) is 0 Å². The minimum absolute atomic E-state index is 0. The van der Waals surface area contributed by atoms with Crippen molar-refractivity contribution in [2.45, 2.75) is 5.03 Å². The number of carboxylic acids is 1. The molecule has 1 aromatic rings. The Morgan fingerprint density at radius 2 is 1.92 bits per heavy atom. The molecule has 54 valence electrons. The summed E-state index contributed by atoms with van der Waals surface area (Å²) in [6, 6.07) is 0. The fourth-order valence-electron chi connectivity index (χ4n) is 0.367. The Balaban J connectivity index is -0.000000270. The number of aromatic carboxylic acids is 1. The van der Waals surface area contributed by atoms with E-state index in [-0.39, 0.29) is 99.4 Å². The molecule has 0 aliphatic carbocycles. The fraction of sp³-hybridized carbons (Fsp3) is 0. The number of nitrogens with zero attached hydrogens (tertiary/aromatic N) is 2. The Morgan fingerprint density at radius 3 is 2.08 bits per heavy atom. The van der Waals surface area contributed by atoms with Crippen molar-refractivity contribution in [3.05, 3.63) is 5.69 Å². The van der Waals surface area contributed by atoms with Crippen molar-refractivity contribution in [3.8, 4) is 0 Å². The summed E-state index contributed by atoms with van der Waals surface area (Å²) in [4.78, 5) is 10.1. The first kappa shape index (κ1) is 19.5. The van der Waals surface area contributed by atoms with Crippen LogP contribution < -0.4 is 0 Å². The molecule has 0 amide bonds. The standard InChI is InChI=1S/C3H3N3O2S.3Na.3H/c7-3(8)1-2(9)5-6-4-1;;;;;;/h(H,7,8)(H2,4,5,6,9);;;;;;. The van der Waals surface area contributed by atoms with Crippen LogP contribution in [0, 0.1) is 0 Å². The van der Waals surface area contributed by atoms with Gasteiger partial charge in [0.1, 0.15) is 5.03 Å². The Labute approximate surface area is 141 Å². The number of thiol groups is 1. The molecule has 0 aliphatic rings. The molecular formula is C3H6N3Na3O2S. The van der Waals surface area contributed by atoms with E-state index in [1.54, 1.807) is 0 Å². The number of carboxylic acid groups (broad SMARTS) is 1. The number of nitrogens with one attached hydrogen (secondary N) is 1. The molecule has 12 heavy (non-hydrogen) atoms. The second-order valence-corrected chi connectivity index (χ2v) is 1.76. The zero-order valence-corrected chi connectivity index (χ0v) is 5.09. The van der Waals surface area contributed by atoms with Crippen LogP contribution in [0.25, 0.3) is 0 Å². The van der Waals surface area contributed by atoms with Gasteiger partial charge in [0, 0.05) is 0 Å². The second kappa shape index (κ2) is 9.51. The number of H-pyrrole nitrogens is 1. The number of hydrogen-bond donors (Lipinski definition) is 3. The molecule has 0 spiro atoms. The summed E-state index contributed by atoms with van der Waals surface area (Å²) in [5, 5.41) is 17.2. The van der Waals surface area contributed by atoms with Crippen molar-refractivity contribution in [3.63, 3.8) is 0 Å². The fourth-order valence-corrected chi connectivity index (χ4v) is 0.552. The first-order valence-electron chi connectivity index (χ1n) is 2.05. The van der Waals surface area contributed by atoms with Gasteiger partial charge in [-0.25, -0.2) is 4.79 Å².